The average Bonchev–Trinajstić information content (AvgIpc) is 3.39. The van der Waals surface area contributed by atoms with E-state index in [-0.39, 0.29) is 30.2 Å². The fourth-order valence-corrected chi connectivity index (χ4v) is 4.66. The molecule has 5 aromatic rings. The molecule has 2 heterocycles. The van der Waals surface area contributed by atoms with E-state index in [1.807, 2.05) is 60.9 Å². The summed E-state index contributed by atoms with van der Waals surface area (Å²) in [6.45, 7) is 9.83. The number of esters is 1. The first-order chi connectivity index (χ1) is 21.2. The summed E-state index contributed by atoms with van der Waals surface area (Å²) in [6.07, 6.45) is 2.66. The number of hydrogen-bond acceptors (Lipinski definition) is 7. The van der Waals surface area contributed by atoms with Gasteiger partial charge < -0.3 is 25.1 Å². The van der Waals surface area contributed by atoms with Crippen LogP contribution in [0.2, 0.25) is 0 Å². The second-order valence-corrected chi connectivity index (χ2v) is 10.4. The molecule has 0 aliphatic heterocycles. The maximum absolute atomic E-state index is 13.5. The maximum atomic E-state index is 13.5. The highest BCUT2D eigenvalue weighted by atomic mass is 16.5. The Morgan fingerprint density at radius 3 is 2.39 bits per heavy atom. The molecule has 1 atom stereocenters. The zero-order valence-corrected chi connectivity index (χ0v) is 25.6. The Kier molecular flexibility index (Phi) is 10.3. The largest absolute Gasteiger partial charge is 0.456 e. The first-order valence-corrected chi connectivity index (χ1v) is 14.6. The molecule has 10 heteroatoms. The summed E-state index contributed by atoms with van der Waals surface area (Å²) in [7, 11) is 0. The number of amides is 1. The SMILES string of the molecule is CC.CC(CNC(=O)C(C)C)OC(=O)c1cc2ccc(C(=N)N)cc2n1Cc1cc(Oc2ncccn2)cc2ccccc12. The highest BCUT2D eigenvalue weighted by molar-refractivity contribution is 6.01. The number of nitrogen functional groups attached to an aromatic ring is 1. The van der Waals surface area contributed by atoms with Gasteiger partial charge in [-0.2, -0.15) is 0 Å². The van der Waals surface area contributed by atoms with Gasteiger partial charge in [0, 0.05) is 41.3 Å². The van der Waals surface area contributed by atoms with Crippen LogP contribution >= 0.6 is 0 Å². The van der Waals surface area contributed by atoms with Crippen molar-refractivity contribution < 1.29 is 19.1 Å². The minimum atomic E-state index is -0.553. The van der Waals surface area contributed by atoms with Gasteiger partial charge in [-0.15, -0.1) is 0 Å². The van der Waals surface area contributed by atoms with Gasteiger partial charge in [-0.05, 0) is 53.6 Å². The number of nitrogens with one attached hydrogen (secondary N) is 2. The van der Waals surface area contributed by atoms with Gasteiger partial charge >= 0.3 is 12.0 Å². The van der Waals surface area contributed by atoms with E-state index >= 15 is 0 Å². The highest BCUT2D eigenvalue weighted by Crippen LogP contribution is 2.31. The fraction of sp³-hybridized carbons (Fsp3) is 0.265. The van der Waals surface area contributed by atoms with E-state index in [0.29, 0.717) is 23.6 Å². The molecule has 5 rings (SSSR count). The van der Waals surface area contributed by atoms with Crippen molar-refractivity contribution in [3.8, 4) is 11.8 Å². The smallest absolute Gasteiger partial charge is 0.355 e. The van der Waals surface area contributed by atoms with Crippen LogP contribution in [0.5, 0.6) is 11.8 Å². The predicted octanol–water partition coefficient (Wildman–Crippen LogP) is 6.05. The van der Waals surface area contributed by atoms with Crippen molar-refractivity contribution in [1.29, 1.82) is 5.41 Å². The van der Waals surface area contributed by atoms with Crippen molar-refractivity contribution in [1.82, 2.24) is 19.9 Å². The summed E-state index contributed by atoms with van der Waals surface area (Å²) in [5.41, 5.74) is 8.28. The van der Waals surface area contributed by atoms with E-state index in [1.165, 1.54) is 0 Å². The molecule has 44 heavy (non-hydrogen) atoms. The molecule has 0 saturated heterocycles. The summed E-state index contributed by atoms with van der Waals surface area (Å²) >= 11 is 0. The summed E-state index contributed by atoms with van der Waals surface area (Å²) < 4.78 is 13.6. The molecule has 0 aliphatic rings. The number of fused-ring (bicyclic) bond motifs is 2. The molecule has 4 N–H and O–H groups in total. The minimum absolute atomic E-state index is 0.0769. The highest BCUT2D eigenvalue weighted by Gasteiger charge is 2.22. The van der Waals surface area contributed by atoms with Crippen molar-refractivity contribution in [3.05, 3.63) is 95.9 Å². The van der Waals surface area contributed by atoms with Gasteiger partial charge in [-0.1, -0.05) is 64.1 Å². The fourth-order valence-electron chi connectivity index (χ4n) is 4.66. The van der Waals surface area contributed by atoms with Gasteiger partial charge in [0.2, 0.25) is 5.91 Å². The molecule has 0 radical (unpaired) electrons. The molecule has 1 amide bonds. The first kappa shape index (κ1) is 31.7. The monoisotopic (exact) mass is 594 g/mol. The lowest BCUT2D eigenvalue weighted by molar-refractivity contribution is -0.124. The number of hydrogen-bond donors (Lipinski definition) is 3. The Labute approximate surface area is 256 Å². The van der Waals surface area contributed by atoms with Gasteiger partial charge in [0.05, 0.1) is 6.54 Å². The number of aromatic nitrogens is 3. The molecular weight excluding hydrogens is 556 g/mol. The topological polar surface area (TPSA) is 145 Å². The third kappa shape index (κ3) is 7.38. The molecule has 0 fully saturated rings. The number of rotatable bonds is 10. The summed E-state index contributed by atoms with van der Waals surface area (Å²) in [4.78, 5) is 33.9. The van der Waals surface area contributed by atoms with Crippen LogP contribution in [0.15, 0.2) is 79.1 Å². The second kappa shape index (κ2) is 14.3. The van der Waals surface area contributed by atoms with Crippen LogP contribution in [-0.2, 0) is 16.1 Å². The first-order valence-electron chi connectivity index (χ1n) is 14.6. The van der Waals surface area contributed by atoms with Crippen LogP contribution < -0.4 is 15.8 Å². The molecule has 0 aliphatic carbocycles. The quantitative estimate of drug-likeness (QED) is 0.101. The zero-order chi connectivity index (χ0) is 31.8. The van der Waals surface area contributed by atoms with Crippen molar-refractivity contribution in [2.45, 2.75) is 47.3 Å². The Morgan fingerprint density at radius 2 is 1.68 bits per heavy atom. The Balaban J connectivity index is 0.00000216. The number of carbonyl (C=O) groups excluding carboxylic acids is 2. The van der Waals surface area contributed by atoms with Crippen LogP contribution in [0.3, 0.4) is 0 Å². The normalized spacial score (nSPS) is 11.5. The standard InChI is InChI=1S/C32H32N6O4.C2H6/c1-19(2)30(39)37-17-20(3)41-31(40)28-15-22-9-10-23(29(33)34)16-27(22)38(28)18-24-14-25(42-32-35-11-6-12-36-32)13-21-7-4-5-8-26(21)24;1-2/h4-16,19-20H,17-18H2,1-3H3,(H3,33,34)(H,37,39);1-2H3. The van der Waals surface area contributed by atoms with Gasteiger partial charge in [0.15, 0.2) is 0 Å². The van der Waals surface area contributed by atoms with E-state index in [1.54, 1.807) is 57.4 Å². The lowest BCUT2D eigenvalue weighted by Gasteiger charge is -2.17. The summed E-state index contributed by atoms with van der Waals surface area (Å²) in [6, 6.07) is 20.8. The zero-order valence-electron chi connectivity index (χ0n) is 25.6. The van der Waals surface area contributed by atoms with Gasteiger partial charge in [0.1, 0.15) is 23.4 Å². The van der Waals surface area contributed by atoms with Gasteiger partial charge in [-0.25, -0.2) is 14.8 Å². The molecule has 10 nitrogen and oxygen atoms in total. The molecule has 228 valence electrons. The van der Waals surface area contributed by atoms with Gasteiger partial charge in [0.25, 0.3) is 0 Å². The van der Waals surface area contributed by atoms with Crippen LogP contribution in [0.1, 0.15) is 56.2 Å². The number of amidine groups is 1. The number of benzene rings is 3. The van der Waals surface area contributed by atoms with Crippen molar-refractivity contribution in [2.75, 3.05) is 6.54 Å². The Hall–Kier alpha value is -5.25. The number of nitrogens with zero attached hydrogens (tertiary/aromatic N) is 3. The van der Waals surface area contributed by atoms with Crippen molar-refractivity contribution >= 4 is 39.4 Å². The van der Waals surface area contributed by atoms with Crippen LogP contribution in [0, 0.1) is 11.3 Å². The van der Waals surface area contributed by atoms with Crippen LogP contribution in [0.4, 0.5) is 0 Å². The number of ether oxygens (including phenoxy) is 2. The third-order valence-electron chi connectivity index (χ3n) is 6.82. The van der Waals surface area contributed by atoms with Crippen LogP contribution in [-0.4, -0.2) is 44.9 Å². The Bertz CT molecular complexity index is 1780. The van der Waals surface area contributed by atoms with Gasteiger partial charge in [-0.3, -0.25) is 10.2 Å². The summed E-state index contributed by atoms with van der Waals surface area (Å²) in [5.74, 6) is -0.342. The minimum Gasteiger partial charge on any atom is -0.456 e. The molecule has 3 aromatic carbocycles. The molecule has 2 aromatic heterocycles. The lowest BCUT2D eigenvalue weighted by atomic mass is 10.0. The molecular formula is C34H38N6O4. The van der Waals surface area contributed by atoms with E-state index < -0.39 is 12.1 Å². The third-order valence-corrected chi connectivity index (χ3v) is 6.82. The predicted molar refractivity (Wildman–Crippen MR) is 172 cm³/mol. The van der Waals surface area contributed by atoms with Crippen LogP contribution in [0.25, 0.3) is 21.7 Å². The van der Waals surface area contributed by atoms with E-state index in [9.17, 15) is 9.59 Å². The van der Waals surface area contributed by atoms with E-state index in [0.717, 1.165) is 27.2 Å². The van der Waals surface area contributed by atoms with E-state index in [2.05, 4.69) is 15.3 Å². The molecule has 0 bridgehead atoms. The number of nitrogens with two attached hydrogens (primary N) is 1. The molecule has 0 spiro atoms. The maximum Gasteiger partial charge on any atom is 0.355 e. The van der Waals surface area contributed by atoms with E-state index in [4.69, 9.17) is 20.6 Å². The second-order valence-electron chi connectivity index (χ2n) is 10.4. The van der Waals surface area contributed by atoms with Crippen molar-refractivity contribution in [2.24, 2.45) is 11.7 Å². The molecule has 1 unspecified atom stereocenters. The average molecular weight is 595 g/mol. The van der Waals surface area contributed by atoms with Crippen molar-refractivity contribution in [3.63, 3.8) is 0 Å². The lowest BCUT2D eigenvalue weighted by Crippen LogP contribution is -2.35. The molecule has 0 saturated carbocycles. The number of carbonyl (C=O) groups is 2. The summed E-state index contributed by atoms with van der Waals surface area (Å²) in [5, 5.41) is 13.5. The Morgan fingerprint density at radius 1 is 0.955 bits per heavy atom.